The van der Waals surface area contributed by atoms with Crippen molar-refractivity contribution in [2.45, 2.75) is 69.5 Å². The highest BCUT2D eigenvalue weighted by Gasteiger charge is 2.33. The van der Waals surface area contributed by atoms with Crippen molar-refractivity contribution < 1.29 is 31.9 Å². The van der Waals surface area contributed by atoms with E-state index in [-0.39, 0.29) is 29.1 Å². The van der Waals surface area contributed by atoms with Crippen LogP contribution in [-0.2, 0) is 26.2 Å². The standard InChI is InChI=1S/C33H40FN3O6S/c1-4-43-29-17-15-28(16-18-29)37(44(40,41)31-19-13-26(34)14-20-31)23-32(38)36(22-25-9-8-12-30(21-25)42-3)24(2)33(39)35-27-10-6-5-7-11-27/h8-9,12-21,24,27H,4-7,10-11,22-23H2,1-3H3,(H,35,39)/t24-/m1/s1. The van der Waals surface area contributed by atoms with E-state index in [1.165, 1.54) is 12.0 Å². The fraction of sp³-hybridized carbons (Fsp3) is 0.394. The Morgan fingerprint density at radius 3 is 2.30 bits per heavy atom. The Bertz CT molecular complexity index is 1510. The van der Waals surface area contributed by atoms with Crippen molar-refractivity contribution in [1.29, 1.82) is 0 Å². The van der Waals surface area contributed by atoms with Crippen LogP contribution >= 0.6 is 0 Å². The van der Waals surface area contributed by atoms with E-state index in [1.807, 2.05) is 13.0 Å². The van der Waals surface area contributed by atoms with Crippen LogP contribution in [0.25, 0.3) is 0 Å². The van der Waals surface area contributed by atoms with Crippen molar-refractivity contribution in [1.82, 2.24) is 10.2 Å². The summed E-state index contributed by atoms with van der Waals surface area (Å²) in [5, 5.41) is 3.09. The number of hydrogen-bond donors (Lipinski definition) is 1. The number of benzene rings is 3. The lowest BCUT2D eigenvalue weighted by Crippen LogP contribution is -2.53. The lowest BCUT2D eigenvalue weighted by atomic mass is 9.95. The van der Waals surface area contributed by atoms with E-state index < -0.39 is 34.3 Å². The molecule has 3 aromatic rings. The molecule has 1 N–H and O–H groups in total. The number of nitrogens with one attached hydrogen (secondary N) is 1. The molecule has 11 heteroatoms. The largest absolute Gasteiger partial charge is 0.497 e. The van der Waals surface area contributed by atoms with Crippen molar-refractivity contribution in [3.63, 3.8) is 0 Å². The number of hydrogen-bond acceptors (Lipinski definition) is 6. The monoisotopic (exact) mass is 625 g/mol. The van der Waals surface area contributed by atoms with Gasteiger partial charge >= 0.3 is 0 Å². The van der Waals surface area contributed by atoms with Crippen LogP contribution < -0.4 is 19.1 Å². The average Bonchev–Trinajstić information content (AvgIpc) is 3.03. The van der Waals surface area contributed by atoms with Gasteiger partial charge in [0, 0.05) is 12.6 Å². The van der Waals surface area contributed by atoms with Gasteiger partial charge < -0.3 is 19.7 Å². The molecule has 2 amide bonds. The molecule has 44 heavy (non-hydrogen) atoms. The van der Waals surface area contributed by atoms with Crippen LogP contribution in [0, 0.1) is 5.82 Å². The quantitative estimate of drug-likeness (QED) is 0.277. The molecule has 0 unspecified atom stereocenters. The SMILES string of the molecule is CCOc1ccc(N(CC(=O)N(Cc2cccc(OC)c2)[C@H](C)C(=O)NC2CCCCC2)S(=O)(=O)c2ccc(F)cc2)cc1. The molecular formula is C33H40FN3O6S. The maximum atomic E-state index is 14.1. The maximum absolute atomic E-state index is 14.1. The molecule has 1 fully saturated rings. The maximum Gasteiger partial charge on any atom is 0.264 e. The highest BCUT2D eigenvalue weighted by molar-refractivity contribution is 7.92. The van der Waals surface area contributed by atoms with Crippen LogP contribution in [0.2, 0.25) is 0 Å². The zero-order valence-electron chi connectivity index (χ0n) is 25.4. The number of amides is 2. The van der Waals surface area contributed by atoms with E-state index in [9.17, 15) is 22.4 Å². The summed E-state index contributed by atoms with van der Waals surface area (Å²) >= 11 is 0. The van der Waals surface area contributed by atoms with Crippen LogP contribution in [0.1, 0.15) is 51.5 Å². The summed E-state index contributed by atoms with van der Waals surface area (Å²) in [6.07, 6.45) is 4.95. The van der Waals surface area contributed by atoms with Gasteiger partial charge in [0.2, 0.25) is 11.8 Å². The Kier molecular flexibility index (Phi) is 11.2. The molecule has 9 nitrogen and oxygen atoms in total. The molecule has 0 bridgehead atoms. The summed E-state index contributed by atoms with van der Waals surface area (Å²) < 4.78 is 53.4. The lowest BCUT2D eigenvalue weighted by Gasteiger charge is -2.33. The highest BCUT2D eigenvalue weighted by Crippen LogP contribution is 2.27. The van der Waals surface area contributed by atoms with Gasteiger partial charge in [-0.1, -0.05) is 31.4 Å². The van der Waals surface area contributed by atoms with Crippen molar-refractivity contribution >= 4 is 27.5 Å². The normalized spacial score (nSPS) is 14.4. The molecule has 0 aromatic heterocycles. The van der Waals surface area contributed by atoms with Crippen molar-refractivity contribution in [2.75, 3.05) is 24.6 Å². The Labute approximate surface area is 259 Å². The molecule has 1 atom stereocenters. The second-order valence-electron chi connectivity index (χ2n) is 10.8. The molecule has 0 saturated heterocycles. The predicted octanol–water partition coefficient (Wildman–Crippen LogP) is 5.29. The number of methoxy groups -OCH3 is 1. The summed E-state index contributed by atoms with van der Waals surface area (Å²) in [5.74, 6) is -0.353. The molecule has 0 heterocycles. The number of carbonyl (C=O) groups is 2. The van der Waals surface area contributed by atoms with E-state index in [0.29, 0.717) is 23.7 Å². The molecule has 0 radical (unpaired) electrons. The molecular weight excluding hydrogens is 585 g/mol. The first kappa shape index (κ1) is 32.8. The highest BCUT2D eigenvalue weighted by atomic mass is 32.2. The van der Waals surface area contributed by atoms with Gasteiger partial charge in [-0.05, 0) is 92.9 Å². The third-order valence-corrected chi connectivity index (χ3v) is 9.51. The minimum absolute atomic E-state index is 0.0340. The second-order valence-corrected chi connectivity index (χ2v) is 12.6. The molecule has 1 aliphatic rings. The summed E-state index contributed by atoms with van der Waals surface area (Å²) in [5.41, 5.74) is 0.927. The number of nitrogens with zero attached hydrogens (tertiary/aromatic N) is 2. The molecule has 0 spiro atoms. The molecule has 3 aromatic carbocycles. The van der Waals surface area contributed by atoms with E-state index in [0.717, 1.165) is 60.7 Å². The van der Waals surface area contributed by atoms with E-state index in [1.54, 1.807) is 49.4 Å². The summed E-state index contributed by atoms with van der Waals surface area (Å²) in [6.45, 7) is 3.35. The first-order chi connectivity index (χ1) is 21.1. The Balaban J connectivity index is 1.69. The van der Waals surface area contributed by atoms with Crippen molar-refractivity contribution in [3.8, 4) is 11.5 Å². The van der Waals surface area contributed by atoms with Gasteiger partial charge in [-0.2, -0.15) is 0 Å². The van der Waals surface area contributed by atoms with Crippen LogP contribution in [0.4, 0.5) is 10.1 Å². The topological polar surface area (TPSA) is 105 Å². The van der Waals surface area contributed by atoms with Gasteiger partial charge in [0.15, 0.2) is 0 Å². The first-order valence-electron chi connectivity index (χ1n) is 14.9. The second kappa shape index (κ2) is 15.1. The van der Waals surface area contributed by atoms with Crippen molar-refractivity contribution in [2.24, 2.45) is 0 Å². The van der Waals surface area contributed by atoms with Crippen LogP contribution in [-0.4, -0.2) is 57.5 Å². The zero-order valence-corrected chi connectivity index (χ0v) is 26.2. The Morgan fingerprint density at radius 1 is 0.977 bits per heavy atom. The van der Waals surface area contributed by atoms with Gasteiger partial charge in [-0.25, -0.2) is 12.8 Å². The average molecular weight is 626 g/mol. The third kappa shape index (κ3) is 8.28. The first-order valence-corrected chi connectivity index (χ1v) is 16.3. The fourth-order valence-corrected chi connectivity index (χ4v) is 6.67. The number of halogens is 1. The third-order valence-electron chi connectivity index (χ3n) is 7.72. The van der Waals surface area contributed by atoms with Crippen molar-refractivity contribution in [3.05, 3.63) is 84.2 Å². The van der Waals surface area contributed by atoms with Crippen LogP contribution in [0.3, 0.4) is 0 Å². The minimum Gasteiger partial charge on any atom is -0.497 e. The number of rotatable bonds is 13. The summed E-state index contributed by atoms with van der Waals surface area (Å²) in [6, 6.07) is 17.0. The molecule has 0 aliphatic heterocycles. The smallest absolute Gasteiger partial charge is 0.264 e. The van der Waals surface area contributed by atoms with E-state index in [4.69, 9.17) is 9.47 Å². The Hall–Kier alpha value is -4.12. The minimum atomic E-state index is -4.32. The number of carbonyl (C=O) groups excluding carboxylic acids is 2. The van der Waals surface area contributed by atoms with Crippen LogP contribution in [0.15, 0.2) is 77.7 Å². The van der Waals surface area contributed by atoms with Gasteiger partial charge in [0.1, 0.15) is 29.9 Å². The lowest BCUT2D eigenvalue weighted by molar-refractivity contribution is -0.139. The van der Waals surface area contributed by atoms with E-state index >= 15 is 0 Å². The van der Waals surface area contributed by atoms with Gasteiger partial charge in [-0.3, -0.25) is 13.9 Å². The number of sulfonamides is 1. The van der Waals surface area contributed by atoms with Gasteiger partial charge in [0.25, 0.3) is 10.0 Å². The number of anilines is 1. The van der Waals surface area contributed by atoms with E-state index in [2.05, 4.69) is 5.32 Å². The molecule has 236 valence electrons. The molecule has 1 saturated carbocycles. The Morgan fingerprint density at radius 2 is 1.66 bits per heavy atom. The zero-order chi connectivity index (χ0) is 31.7. The predicted molar refractivity (Wildman–Crippen MR) is 167 cm³/mol. The van der Waals surface area contributed by atoms with Gasteiger partial charge in [-0.15, -0.1) is 0 Å². The molecule has 4 rings (SSSR count). The van der Waals surface area contributed by atoms with Crippen LogP contribution in [0.5, 0.6) is 11.5 Å². The summed E-state index contributed by atoms with van der Waals surface area (Å²) in [4.78, 5) is 28.8. The van der Waals surface area contributed by atoms with Gasteiger partial charge in [0.05, 0.1) is 24.3 Å². The summed E-state index contributed by atoms with van der Waals surface area (Å²) in [7, 11) is -2.78. The molecule has 1 aliphatic carbocycles. The fourth-order valence-electron chi connectivity index (χ4n) is 5.26. The number of ether oxygens (including phenoxy) is 2.